The zero-order valence-corrected chi connectivity index (χ0v) is 12.3. The summed E-state index contributed by atoms with van der Waals surface area (Å²) in [6, 6.07) is 20.5. The maximum absolute atomic E-state index is 9.75. The average molecular weight is 323 g/mol. The van der Waals surface area contributed by atoms with Crippen LogP contribution in [0, 0.1) is 0 Å². The van der Waals surface area contributed by atoms with Crippen LogP contribution in [-0.2, 0) is 7.05 Å². The van der Waals surface area contributed by atoms with E-state index in [2.05, 4.69) is 24.3 Å². The van der Waals surface area contributed by atoms with Crippen molar-refractivity contribution in [1.82, 2.24) is 0 Å². The van der Waals surface area contributed by atoms with Crippen LogP contribution in [0.5, 0.6) is 0 Å². The molecule has 0 saturated carbocycles. The van der Waals surface area contributed by atoms with Gasteiger partial charge in [-0.15, -0.1) is 0 Å². The molecule has 0 aliphatic rings. The van der Waals surface area contributed by atoms with Gasteiger partial charge in [-0.2, -0.15) is 0 Å². The monoisotopic (exact) mass is 323 g/mol. The van der Waals surface area contributed by atoms with E-state index in [1.165, 1.54) is 5.56 Å². The number of hydrogen-bond donors (Lipinski definition) is 0. The number of aryl methyl sites for hydroxylation is 1. The van der Waals surface area contributed by atoms with Crippen molar-refractivity contribution >= 4 is 7.25 Å². The van der Waals surface area contributed by atoms with Crippen LogP contribution in [0.25, 0.3) is 22.5 Å². The molecule has 0 spiro atoms. The largest absolute Gasteiger partial charge is 0.673 e. The molecule has 0 N–H and O–H groups in total. The van der Waals surface area contributed by atoms with Gasteiger partial charge in [0.25, 0.3) is 0 Å². The molecule has 2 nitrogen and oxygen atoms in total. The second-order valence-electron chi connectivity index (χ2n) is 4.74. The summed E-state index contributed by atoms with van der Waals surface area (Å²) in [5, 5.41) is 0. The van der Waals surface area contributed by atoms with Crippen LogP contribution in [0.3, 0.4) is 0 Å². The molecule has 0 radical (unpaired) electrons. The van der Waals surface area contributed by atoms with Crippen molar-refractivity contribution in [2.45, 2.75) is 0 Å². The summed E-state index contributed by atoms with van der Waals surface area (Å²) < 4.78 is 46.5. The Balaban J connectivity index is 0.000000338. The third-order valence-electron chi connectivity index (χ3n) is 2.91. The molecule has 0 aliphatic carbocycles. The Labute approximate surface area is 131 Å². The van der Waals surface area contributed by atoms with Crippen LogP contribution in [0.4, 0.5) is 17.3 Å². The summed E-state index contributed by atoms with van der Waals surface area (Å²) >= 11 is 0. The van der Waals surface area contributed by atoms with Crippen LogP contribution < -0.4 is 4.74 Å². The van der Waals surface area contributed by atoms with E-state index < -0.39 is 7.25 Å². The molecule has 120 valence electrons. The Morgan fingerprint density at radius 1 is 0.783 bits per heavy atom. The van der Waals surface area contributed by atoms with Gasteiger partial charge >= 0.3 is 7.25 Å². The van der Waals surface area contributed by atoms with Gasteiger partial charge < -0.3 is 17.3 Å². The zero-order chi connectivity index (χ0) is 16.9. The third-order valence-corrected chi connectivity index (χ3v) is 2.91. The minimum Gasteiger partial charge on any atom is -0.418 e. The molecule has 2 aromatic carbocycles. The van der Waals surface area contributed by atoms with Gasteiger partial charge in [0.05, 0.1) is 0 Å². The van der Waals surface area contributed by atoms with Crippen molar-refractivity contribution in [2.24, 2.45) is 7.05 Å². The van der Waals surface area contributed by atoms with Crippen molar-refractivity contribution < 1.29 is 26.5 Å². The fraction of sp³-hybridized carbons (Fsp3) is 0.0625. The second kappa shape index (κ2) is 7.13. The first-order valence-corrected chi connectivity index (χ1v) is 6.83. The molecule has 0 amide bonds. The van der Waals surface area contributed by atoms with E-state index in [0.29, 0.717) is 0 Å². The molecule has 0 unspecified atom stereocenters. The predicted molar refractivity (Wildman–Crippen MR) is 80.9 cm³/mol. The number of benzene rings is 2. The topological polar surface area (TPSA) is 17.0 Å². The molecule has 3 aromatic rings. The fourth-order valence-corrected chi connectivity index (χ4v) is 2.08. The Hall–Kier alpha value is -2.57. The van der Waals surface area contributed by atoms with E-state index in [1.54, 1.807) is 4.74 Å². The third kappa shape index (κ3) is 5.28. The van der Waals surface area contributed by atoms with Gasteiger partial charge in [-0.25, -0.2) is 4.52 Å². The molecule has 23 heavy (non-hydrogen) atoms. The number of hydrogen-bond acceptors (Lipinski definition) is 1. The van der Waals surface area contributed by atoms with Gasteiger partial charge in [-0.3, -0.25) is 0 Å². The van der Waals surface area contributed by atoms with E-state index in [4.69, 9.17) is 4.52 Å². The number of rotatable bonds is 2. The van der Waals surface area contributed by atoms with Crippen molar-refractivity contribution in [3.05, 3.63) is 66.9 Å². The molecule has 3 rings (SSSR count). The Bertz CT molecular complexity index is 679. The lowest BCUT2D eigenvalue weighted by Crippen LogP contribution is -2.22. The lowest BCUT2D eigenvalue weighted by atomic mass is 10.0. The number of aromatic nitrogens is 1. The molecular formula is C16H14BF4NO. The Morgan fingerprint density at radius 2 is 1.22 bits per heavy atom. The normalized spacial score (nSPS) is 10.8. The molecule has 1 heterocycles. The van der Waals surface area contributed by atoms with Crippen molar-refractivity contribution in [3.8, 4) is 22.5 Å². The highest BCUT2D eigenvalue weighted by molar-refractivity contribution is 6.50. The van der Waals surface area contributed by atoms with Gasteiger partial charge in [0.1, 0.15) is 5.56 Å². The van der Waals surface area contributed by atoms with E-state index in [1.807, 2.05) is 49.6 Å². The van der Waals surface area contributed by atoms with E-state index in [0.717, 1.165) is 16.9 Å². The predicted octanol–water partition coefficient (Wildman–Crippen LogP) is 4.74. The summed E-state index contributed by atoms with van der Waals surface area (Å²) in [6.45, 7) is 0. The van der Waals surface area contributed by atoms with Crippen molar-refractivity contribution in [2.75, 3.05) is 0 Å². The van der Waals surface area contributed by atoms with Gasteiger partial charge in [-0.1, -0.05) is 60.7 Å². The first-order chi connectivity index (χ1) is 10.8. The summed E-state index contributed by atoms with van der Waals surface area (Å²) in [5.74, 6) is 0.907. The quantitative estimate of drug-likeness (QED) is 0.378. The Morgan fingerprint density at radius 3 is 1.70 bits per heavy atom. The summed E-state index contributed by atoms with van der Waals surface area (Å²) in [4.78, 5) is 0. The molecule has 0 bridgehead atoms. The van der Waals surface area contributed by atoms with Gasteiger partial charge in [0, 0.05) is 5.56 Å². The number of nitrogens with zero attached hydrogens (tertiary/aromatic N) is 1. The maximum Gasteiger partial charge on any atom is 0.673 e. The minimum atomic E-state index is -6.00. The van der Waals surface area contributed by atoms with Crippen molar-refractivity contribution in [3.63, 3.8) is 0 Å². The van der Waals surface area contributed by atoms with Crippen LogP contribution in [0.15, 0.2) is 71.4 Å². The highest BCUT2D eigenvalue weighted by Crippen LogP contribution is 2.30. The fourth-order valence-electron chi connectivity index (χ4n) is 2.08. The lowest BCUT2D eigenvalue weighted by Gasteiger charge is -1.98. The smallest absolute Gasteiger partial charge is 0.418 e. The standard InChI is InChI=1S/C16H14NO.BF4/c1-17-12-15(13-8-4-2-5-9-13)16(18-17)14-10-6-3-7-11-14;2-1(3,4)5/h2-12H,1H3;/q+1;-1. The second-order valence-corrected chi connectivity index (χ2v) is 4.74. The maximum atomic E-state index is 9.75. The van der Waals surface area contributed by atoms with Crippen molar-refractivity contribution in [1.29, 1.82) is 0 Å². The van der Waals surface area contributed by atoms with Gasteiger partial charge in [0.2, 0.25) is 12.0 Å². The molecule has 0 aliphatic heterocycles. The lowest BCUT2D eigenvalue weighted by molar-refractivity contribution is -0.843. The number of halogens is 4. The highest BCUT2D eigenvalue weighted by atomic mass is 19.5. The first-order valence-electron chi connectivity index (χ1n) is 6.83. The van der Waals surface area contributed by atoms with E-state index >= 15 is 0 Å². The zero-order valence-electron chi connectivity index (χ0n) is 12.3. The van der Waals surface area contributed by atoms with Crippen LogP contribution in [-0.4, -0.2) is 7.25 Å². The van der Waals surface area contributed by atoms with E-state index in [-0.39, 0.29) is 0 Å². The summed E-state index contributed by atoms with van der Waals surface area (Å²) in [7, 11) is -4.10. The molecule has 1 aromatic heterocycles. The molecule has 7 heteroatoms. The molecule has 0 saturated heterocycles. The summed E-state index contributed by atoms with van der Waals surface area (Å²) in [6.07, 6.45) is 2.01. The van der Waals surface area contributed by atoms with Crippen LogP contribution in [0.2, 0.25) is 0 Å². The molecular weight excluding hydrogens is 309 g/mol. The Kier molecular flexibility index (Phi) is 5.21. The average Bonchev–Trinajstić information content (AvgIpc) is 2.89. The molecule has 0 atom stereocenters. The minimum absolute atomic E-state index is 0.907. The first kappa shape index (κ1) is 16.8. The summed E-state index contributed by atoms with van der Waals surface area (Å²) in [5.41, 5.74) is 3.38. The highest BCUT2D eigenvalue weighted by Gasteiger charge is 2.20. The van der Waals surface area contributed by atoms with E-state index in [9.17, 15) is 17.3 Å². The molecule has 0 fully saturated rings. The van der Waals surface area contributed by atoms with Gasteiger partial charge in [0.15, 0.2) is 7.05 Å². The van der Waals surface area contributed by atoms with Gasteiger partial charge in [-0.05, 0) is 10.3 Å². The SMILES string of the molecule is C[n+]1cc(-c2ccccc2)c(-c2ccccc2)o1.F[B-](F)(F)F. The van der Waals surface area contributed by atoms with Crippen LogP contribution >= 0.6 is 0 Å². The van der Waals surface area contributed by atoms with Crippen LogP contribution in [0.1, 0.15) is 0 Å².